The Labute approximate surface area is 250 Å². The van der Waals surface area contributed by atoms with Crippen molar-refractivity contribution in [2.75, 3.05) is 32.7 Å². The van der Waals surface area contributed by atoms with Gasteiger partial charge in [0.15, 0.2) is 11.5 Å². The van der Waals surface area contributed by atoms with Gasteiger partial charge in [0.05, 0.1) is 0 Å². The number of aryl methyl sites for hydroxylation is 2. The van der Waals surface area contributed by atoms with Crippen LogP contribution < -0.4 is 25.4 Å². The maximum absolute atomic E-state index is 12.7. The normalized spacial score (nSPS) is 13.8. The Morgan fingerprint density at radius 2 is 1.43 bits per heavy atom. The summed E-state index contributed by atoms with van der Waals surface area (Å²) in [5.74, 6) is 0.304. The van der Waals surface area contributed by atoms with Crippen molar-refractivity contribution in [2.24, 2.45) is 0 Å². The standard InChI is InChI=1S/C33H48N4O5/c1-3-5-20-34-32(39)41-29-16-14-27(25-30(29)42-33(40)35-21-6-4-2)15-17-31(38)36-28-18-23-37(24-19-28)22-10-13-26-11-8-7-9-12-26/h7-9,11-12,14,16,25,28H,3-6,10,13,15,17-24H2,1-2H3,(H,34,39)(H,35,40)(H,36,38). The van der Waals surface area contributed by atoms with Gasteiger partial charge in [0, 0.05) is 38.6 Å². The van der Waals surface area contributed by atoms with Crippen molar-refractivity contribution in [3.63, 3.8) is 0 Å². The molecular formula is C33H48N4O5. The first-order chi connectivity index (χ1) is 20.5. The van der Waals surface area contributed by atoms with Crippen molar-refractivity contribution in [2.45, 2.75) is 84.1 Å². The van der Waals surface area contributed by atoms with Crippen molar-refractivity contribution in [1.29, 1.82) is 0 Å². The number of nitrogens with one attached hydrogen (secondary N) is 3. The van der Waals surface area contributed by atoms with E-state index in [9.17, 15) is 14.4 Å². The zero-order chi connectivity index (χ0) is 30.0. The van der Waals surface area contributed by atoms with Crippen LogP contribution >= 0.6 is 0 Å². The van der Waals surface area contributed by atoms with Crippen LogP contribution in [-0.2, 0) is 17.6 Å². The number of hydrogen-bond donors (Lipinski definition) is 3. The van der Waals surface area contributed by atoms with Gasteiger partial charge in [-0.2, -0.15) is 0 Å². The first-order valence-electron chi connectivity index (χ1n) is 15.6. The average molecular weight is 581 g/mol. The zero-order valence-corrected chi connectivity index (χ0v) is 25.3. The van der Waals surface area contributed by atoms with Gasteiger partial charge in [-0.25, -0.2) is 9.59 Å². The van der Waals surface area contributed by atoms with Crippen molar-refractivity contribution in [3.8, 4) is 11.5 Å². The van der Waals surface area contributed by atoms with E-state index in [2.05, 4.69) is 45.1 Å². The molecule has 3 N–H and O–H groups in total. The molecule has 3 rings (SSSR count). The van der Waals surface area contributed by atoms with E-state index in [0.29, 0.717) is 25.9 Å². The van der Waals surface area contributed by atoms with Crippen LogP contribution in [0, 0.1) is 0 Å². The van der Waals surface area contributed by atoms with Gasteiger partial charge in [0.25, 0.3) is 0 Å². The third-order valence-corrected chi connectivity index (χ3v) is 7.39. The summed E-state index contributed by atoms with van der Waals surface area (Å²) in [6, 6.07) is 15.8. The smallest absolute Gasteiger partial charge is 0.406 e. The van der Waals surface area contributed by atoms with E-state index >= 15 is 0 Å². The van der Waals surface area contributed by atoms with E-state index in [1.165, 1.54) is 5.56 Å². The summed E-state index contributed by atoms with van der Waals surface area (Å²) in [4.78, 5) is 39.8. The van der Waals surface area contributed by atoms with Crippen LogP contribution in [0.15, 0.2) is 48.5 Å². The van der Waals surface area contributed by atoms with Gasteiger partial charge in [-0.15, -0.1) is 0 Å². The predicted octanol–water partition coefficient (Wildman–Crippen LogP) is 5.61. The lowest BCUT2D eigenvalue weighted by molar-refractivity contribution is -0.122. The Morgan fingerprint density at radius 1 is 0.786 bits per heavy atom. The molecule has 0 unspecified atom stereocenters. The molecule has 1 saturated heterocycles. The van der Waals surface area contributed by atoms with E-state index in [4.69, 9.17) is 9.47 Å². The Bertz CT molecular complexity index is 1100. The largest absolute Gasteiger partial charge is 0.412 e. The highest BCUT2D eigenvalue weighted by Gasteiger charge is 2.21. The summed E-state index contributed by atoms with van der Waals surface area (Å²) in [5, 5.41) is 8.59. The van der Waals surface area contributed by atoms with E-state index in [1.807, 2.05) is 19.9 Å². The molecule has 0 aliphatic carbocycles. The number of ether oxygens (including phenoxy) is 2. The highest BCUT2D eigenvalue weighted by atomic mass is 16.6. The van der Waals surface area contributed by atoms with E-state index in [-0.39, 0.29) is 23.4 Å². The number of amides is 3. The molecule has 9 nitrogen and oxygen atoms in total. The van der Waals surface area contributed by atoms with Crippen LogP contribution in [0.2, 0.25) is 0 Å². The molecule has 1 heterocycles. The maximum atomic E-state index is 12.7. The number of carbonyl (C=O) groups excluding carboxylic acids is 3. The fourth-order valence-corrected chi connectivity index (χ4v) is 4.89. The number of hydrogen-bond acceptors (Lipinski definition) is 6. The molecule has 1 aliphatic heterocycles. The molecule has 230 valence electrons. The Kier molecular flexibility index (Phi) is 14.7. The molecule has 2 aromatic carbocycles. The quantitative estimate of drug-likeness (QED) is 0.223. The summed E-state index contributed by atoms with van der Waals surface area (Å²) in [6.45, 7) is 8.14. The molecule has 3 amide bonds. The third-order valence-electron chi connectivity index (χ3n) is 7.39. The Balaban J connectivity index is 1.45. The van der Waals surface area contributed by atoms with Gasteiger partial charge < -0.3 is 30.3 Å². The SMILES string of the molecule is CCCCNC(=O)Oc1ccc(CCC(=O)NC2CCN(CCCc3ccccc3)CC2)cc1OC(=O)NCCCC. The first-order valence-corrected chi connectivity index (χ1v) is 15.6. The summed E-state index contributed by atoms with van der Waals surface area (Å²) >= 11 is 0. The molecular weight excluding hydrogens is 532 g/mol. The van der Waals surface area contributed by atoms with Gasteiger partial charge in [-0.1, -0.05) is 63.1 Å². The molecule has 9 heteroatoms. The number of piperidine rings is 1. The lowest BCUT2D eigenvalue weighted by atomic mass is 10.0. The number of rotatable bonds is 16. The molecule has 0 saturated carbocycles. The molecule has 0 atom stereocenters. The van der Waals surface area contributed by atoms with Crippen LogP contribution in [0.1, 0.15) is 76.3 Å². The third kappa shape index (κ3) is 12.5. The van der Waals surface area contributed by atoms with Gasteiger partial charge in [-0.3, -0.25) is 4.79 Å². The molecule has 0 aromatic heterocycles. The monoisotopic (exact) mass is 580 g/mol. The summed E-state index contributed by atoms with van der Waals surface area (Å²) < 4.78 is 10.9. The van der Waals surface area contributed by atoms with Gasteiger partial charge in [0.1, 0.15) is 0 Å². The molecule has 0 bridgehead atoms. The second-order valence-corrected chi connectivity index (χ2v) is 10.9. The van der Waals surface area contributed by atoms with E-state index in [0.717, 1.165) is 76.6 Å². The second kappa shape index (κ2) is 18.8. The van der Waals surface area contributed by atoms with Gasteiger partial charge in [0.2, 0.25) is 5.91 Å². The zero-order valence-electron chi connectivity index (χ0n) is 25.3. The molecule has 1 aliphatic rings. The van der Waals surface area contributed by atoms with Crippen molar-refractivity contribution >= 4 is 18.1 Å². The fourth-order valence-electron chi connectivity index (χ4n) is 4.89. The van der Waals surface area contributed by atoms with Gasteiger partial charge >= 0.3 is 12.2 Å². The minimum atomic E-state index is -0.610. The second-order valence-electron chi connectivity index (χ2n) is 10.9. The summed E-state index contributed by atoms with van der Waals surface area (Å²) in [7, 11) is 0. The maximum Gasteiger partial charge on any atom is 0.412 e. The minimum Gasteiger partial charge on any atom is -0.406 e. The Hall–Kier alpha value is -3.59. The van der Waals surface area contributed by atoms with Gasteiger partial charge in [-0.05, 0) is 74.8 Å². The summed E-state index contributed by atoms with van der Waals surface area (Å²) in [5.41, 5.74) is 2.19. The number of unbranched alkanes of at least 4 members (excludes halogenated alkanes) is 2. The minimum absolute atomic E-state index is 0.00735. The molecule has 0 radical (unpaired) electrons. The van der Waals surface area contributed by atoms with E-state index in [1.54, 1.807) is 18.2 Å². The number of benzene rings is 2. The van der Waals surface area contributed by atoms with Crippen molar-refractivity contribution < 1.29 is 23.9 Å². The van der Waals surface area contributed by atoms with Crippen LogP contribution in [0.3, 0.4) is 0 Å². The number of carbonyl (C=O) groups is 3. The molecule has 0 spiro atoms. The summed E-state index contributed by atoms with van der Waals surface area (Å²) in [6.07, 6.45) is 7.28. The fraction of sp³-hybridized carbons (Fsp3) is 0.545. The Morgan fingerprint density at radius 3 is 2.07 bits per heavy atom. The molecule has 42 heavy (non-hydrogen) atoms. The van der Waals surface area contributed by atoms with Crippen molar-refractivity contribution in [3.05, 3.63) is 59.7 Å². The van der Waals surface area contributed by atoms with Crippen LogP contribution in [0.4, 0.5) is 9.59 Å². The molecule has 1 fully saturated rings. The topological polar surface area (TPSA) is 109 Å². The lowest BCUT2D eigenvalue weighted by Gasteiger charge is -2.32. The highest BCUT2D eigenvalue weighted by Crippen LogP contribution is 2.29. The lowest BCUT2D eigenvalue weighted by Crippen LogP contribution is -2.44. The van der Waals surface area contributed by atoms with Crippen LogP contribution in [-0.4, -0.2) is 61.8 Å². The van der Waals surface area contributed by atoms with Crippen LogP contribution in [0.5, 0.6) is 11.5 Å². The first kappa shape index (κ1) is 32.9. The number of nitrogens with zero attached hydrogens (tertiary/aromatic N) is 1. The van der Waals surface area contributed by atoms with Crippen molar-refractivity contribution in [1.82, 2.24) is 20.9 Å². The van der Waals surface area contributed by atoms with Crippen LogP contribution in [0.25, 0.3) is 0 Å². The highest BCUT2D eigenvalue weighted by molar-refractivity contribution is 5.77. The predicted molar refractivity (Wildman–Crippen MR) is 165 cm³/mol. The average Bonchev–Trinajstić information content (AvgIpc) is 2.99. The van der Waals surface area contributed by atoms with E-state index < -0.39 is 12.2 Å². The molecule has 2 aromatic rings. The number of likely N-dealkylation sites (tertiary alicyclic amines) is 1.